The van der Waals surface area contributed by atoms with Crippen molar-refractivity contribution in [1.82, 2.24) is 0 Å². The smallest absolute Gasteiger partial charge is 0.333 e. The third kappa shape index (κ3) is 2.45. The van der Waals surface area contributed by atoms with Gasteiger partial charge >= 0.3 is 11.9 Å². The SMILES string of the molecule is CC[C@@]1(C(=O)OC)C/C(=C\C(=O)OC)O[C@]1(C)OC. The third-order valence-electron chi connectivity index (χ3n) is 3.72. The van der Waals surface area contributed by atoms with Crippen LogP contribution in [-0.2, 0) is 28.5 Å². The molecule has 0 aliphatic carbocycles. The van der Waals surface area contributed by atoms with E-state index in [-0.39, 0.29) is 6.42 Å². The summed E-state index contributed by atoms with van der Waals surface area (Å²) in [6, 6.07) is 0. The summed E-state index contributed by atoms with van der Waals surface area (Å²) in [5, 5.41) is 0. The van der Waals surface area contributed by atoms with E-state index in [1.807, 2.05) is 6.92 Å². The standard InChI is InChI=1S/C13H20O6/c1-6-13(11(15)17-4)8-9(7-10(14)16-3)19-12(13,2)18-5/h7H,6,8H2,1-5H3/b9-7+/t12-,13-/m0/s1. The van der Waals surface area contributed by atoms with E-state index < -0.39 is 23.1 Å². The minimum Gasteiger partial charge on any atom is -0.468 e. The van der Waals surface area contributed by atoms with E-state index in [0.717, 1.165) is 0 Å². The van der Waals surface area contributed by atoms with Crippen LogP contribution in [-0.4, -0.2) is 39.1 Å². The number of carbonyl (C=O) groups is 2. The van der Waals surface area contributed by atoms with Gasteiger partial charge < -0.3 is 18.9 Å². The van der Waals surface area contributed by atoms with Gasteiger partial charge in [-0.2, -0.15) is 0 Å². The van der Waals surface area contributed by atoms with E-state index in [2.05, 4.69) is 4.74 Å². The van der Waals surface area contributed by atoms with Crippen LogP contribution in [0.5, 0.6) is 0 Å². The second-order valence-electron chi connectivity index (χ2n) is 4.49. The lowest BCUT2D eigenvalue weighted by molar-refractivity contribution is -0.231. The summed E-state index contributed by atoms with van der Waals surface area (Å²) in [5.74, 6) is -1.78. The Morgan fingerprint density at radius 3 is 2.37 bits per heavy atom. The molecule has 1 heterocycles. The van der Waals surface area contributed by atoms with Crippen molar-refractivity contribution in [2.75, 3.05) is 21.3 Å². The molecule has 1 rings (SSSR count). The van der Waals surface area contributed by atoms with Gasteiger partial charge in [-0.25, -0.2) is 4.79 Å². The molecule has 0 aromatic carbocycles. The Kier molecular flexibility index (Phi) is 4.57. The zero-order valence-corrected chi connectivity index (χ0v) is 11.9. The Morgan fingerprint density at radius 1 is 1.32 bits per heavy atom. The van der Waals surface area contributed by atoms with Crippen molar-refractivity contribution in [1.29, 1.82) is 0 Å². The molecule has 0 bridgehead atoms. The van der Waals surface area contributed by atoms with Gasteiger partial charge in [0.15, 0.2) is 0 Å². The molecule has 2 atom stereocenters. The molecule has 1 aliphatic heterocycles. The van der Waals surface area contributed by atoms with Crippen molar-refractivity contribution in [3.05, 3.63) is 11.8 Å². The molecule has 0 saturated carbocycles. The number of allylic oxidation sites excluding steroid dienone is 1. The summed E-state index contributed by atoms with van der Waals surface area (Å²) in [5.41, 5.74) is -0.976. The number of methoxy groups -OCH3 is 3. The second-order valence-corrected chi connectivity index (χ2v) is 4.49. The van der Waals surface area contributed by atoms with E-state index in [1.54, 1.807) is 6.92 Å². The number of hydrogen-bond acceptors (Lipinski definition) is 6. The molecule has 6 heteroatoms. The molecule has 0 aromatic heterocycles. The van der Waals surface area contributed by atoms with Gasteiger partial charge in [-0.3, -0.25) is 4.79 Å². The van der Waals surface area contributed by atoms with E-state index >= 15 is 0 Å². The lowest BCUT2D eigenvalue weighted by Crippen LogP contribution is -2.49. The fraction of sp³-hybridized carbons (Fsp3) is 0.692. The van der Waals surface area contributed by atoms with Crippen LogP contribution in [0.3, 0.4) is 0 Å². The molecule has 0 aromatic rings. The van der Waals surface area contributed by atoms with Gasteiger partial charge in [-0.05, 0) is 6.42 Å². The van der Waals surface area contributed by atoms with Gasteiger partial charge in [-0.15, -0.1) is 0 Å². The van der Waals surface area contributed by atoms with Crippen molar-refractivity contribution < 1.29 is 28.5 Å². The van der Waals surface area contributed by atoms with Gasteiger partial charge in [0.1, 0.15) is 11.2 Å². The summed E-state index contributed by atoms with van der Waals surface area (Å²) in [6.07, 6.45) is 1.91. The van der Waals surface area contributed by atoms with Crippen LogP contribution in [0, 0.1) is 5.41 Å². The van der Waals surface area contributed by atoms with Crippen LogP contribution in [0.2, 0.25) is 0 Å². The van der Waals surface area contributed by atoms with Crippen molar-refractivity contribution in [3.8, 4) is 0 Å². The summed E-state index contributed by atoms with van der Waals surface area (Å²) >= 11 is 0. The number of ether oxygens (including phenoxy) is 4. The molecular formula is C13H20O6. The average molecular weight is 272 g/mol. The Morgan fingerprint density at radius 2 is 1.95 bits per heavy atom. The maximum Gasteiger partial charge on any atom is 0.333 e. The first-order valence-electron chi connectivity index (χ1n) is 6.00. The Bertz CT molecular complexity index is 402. The highest BCUT2D eigenvalue weighted by Crippen LogP contribution is 2.51. The molecular weight excluding hydrogens is 252 g/mol. The lowest BCUT2D eigenvalue weighted by atomic mass is 9.76. The molecule has 0 radical (unpaired) electrons. The highest BCUT2D eigenvalue weighted by molar-refractivity contribution is 5.84. The average Bonchev–Trinajstić information content (AvgIpc) is 2.71. The lowest BCUT2D eigenvalue weighted by Gasteiger charge is -2.36. The van der Waals surface area contributed by atoms with Crippen molar-refractivity contribution in [2.24, 2.45) is 5.41 Å². The van der Waals surface area contributed by atoms with Crippen molar-refractivity contribution >= 4 is 11.9 Å². The van der Waals surface area contributed by atoms with E-state index in [1.165, 1.54) is 27.4 Å². The summed E-state index contributed by atoms with van der Waals surface area (Å²) in [4.78, 5) is 23.4. The van der Waals surface area contributed by atoms with Gasteiger partial charge in [0.05, 0.1) is 20.3 Å². The van der Waals surface area contributed by atoms with Crippen LogP contribution in [0.25, 0.3) is 0 Å². The van der Waals surface area contributed by atoms with Gasteiger partial charge in [0, 0.05) is 20.5 Å². The highest BCUT2D eigenvalue weighted by Gasteiger charge is 2.61. The summed E-state index contributed by atoms with van der Waals surface area (Å²) in [6.45, 7) is 3.50. The normalized spacial score (nSPS) is 31.9. The first-order chi connectivity index (χ1) is 8.89. The van der Waals surface area contributed by atoms with E-state index in [4.69, 9.17) is 14.2 Å². The zero-order chi connectivity index (χ0) is 14.7. The zero-order valence-electron chi connectivity index (χ0n) is 11.9. The van der Waals surface area contributed by atoms with Gasteiger partial charge in [0.25, 0.3) is 0 Å². The fourth-order valence-corrected chi connectivity index (χ4v) is 2.39. The van der Waals surface area contributed by atoms with Gasteiger partial charge in [0.2, 0.25) is 5.79 Å². The van der Waals surface area contributed by atoms with Crippen LogP contribution >= 0.6 is 0 Å². The predicted molar refractivity (Wildman–Crippen MR) is 66.0 cm³/mol. The topological polar surface area (TPSA) is 71.1 Å². The Labute approximate surface area is 112 Å². The van der Waals surface area contributed by atoms with Crippen LogP contribution in [0.4, 0.5) is 0 Å². The molecule has 6 nitrogen and oxygen atoms in total. The molecule has 1 aliphatic rings. The molecule has 1 saturated heterocycles. The first kappa shape index (κ1) is 15.5. The molecule has 19 heavy (non-hydrogen) atoms. The first-order valence-corrected chi connectivity index (χ1v) is 6.00. The molecule has 0 unspecified atom stereocenters. The maximum atomic E-state index is 12.1. The van der Waals surface area contributed by atoms with Crippen LogP contribution in [0.1, 0.15) is 26.7 Å². The Hall–Kier alpha value is -1.56. The van der Waals surface area contributed by atoms with Crippen LogP contribution in [0.15, 0.2) is 11.8 Å². The fourth-order valence-electron chi connectivity index (χ4n) is 2.39. The molecule has 0 amide bonds. The largest absolute Gasteiger partial charge is 0.468 e. The number of carbonyl (C=O) groups excluding carboxylic acids is 2. The Balaban J connectivity index is 3.19. The minimum absolute atomic E-state index is 0.232. The highest BCUT2D eigenvalue weighted by atomic mass is 16.7. The molecule has 108 valence electrons. The minimum atomic E-state index is -1.17. The summed E-state index contributed by atoms with van der Waals surface area (Å²) < 4.78 is 20.4. The van der Waals surface area contributed by atoms with Crippen molar-refractivity contribution in [3.63, 3.8) is 0 Å². The molecule has 0 spiro atoms. The number of hydrogen-bond donors (Lipinski definition) is 0. The van der Waals surface area contributed by atoms with E-state index in [0.29, 0.717) is 12.2 Å². The number of esters is 2. The van der Waals surface area contributed by atoms with Crippen LogP contribution < -0.4 is 0 Å². The third-order valence-corrected chi connectivity index (χ3v) is 3.72. The predicted octanol–water partition coefficient (Wildman–Crippen LogP) is 1.40. The molecule has 0 N–H and O–H groups in total. The summed E-state index contributed by atoms with van der Waals surface area (Å²) in [7, 11) is 4.05. The van der Waals surface area contributed by atoms with Crippen molar-refractivity contribution in [2.45, 2.75) is 32.5 Å². The maximum absolute atomic E-state index is 12.1. The van der Waals surface area contributed by atoms with Gasteiger partial charge in [-0.1, -0.05) is 6.92 Å². The van der Waals surface area contributed by atoms with E-state index in [9.17, 15) is 9.59 Å². The monoisotopic (exact) mass is 272 g/mol. The second kappa shape index (κ2) is 5.61. The molecule has 1 fully saturated rings. The number of rotatable bonds is 4. The quantitative estimate of drug-likeness (QED) is 0.569.